The maximum Gasteiger partial charge on any atom is 0.293 e. The van der Waals surface area contributed by atoms with Crippen molar-refractivity contribution in [1.29, 1.82) is 0 Å². The van der Waals surface area contributed by atoms with Gasteiger partial charge in [-0.2, -0.15) is 0 Å². The summed E-state index contributed by atoms with van der Waals surface area (Å²) >= 11 is 4.21. The van der Waals surface area contributed by atoms with Gasteiger partial charge in [-0.1, -0.05) is 15.9 Å². The monoisotopic (exact) mass is 401 g/mol. The van der Waals surface area contributed by atoms with Crippen LogP contribution in [0.4, 0.5) is 4.79 Å². The number of halogens is 1. The fraction of sp³-hybridized carbons (Fsp3) is 0.333. The number of hydrogen-bond donors (Lipinski definition) is 1. The number of thioether (sulfide) groups is 1. The van der Waals surface area contributed by atoms with E-state index in [2.05, 4.69) is 15.9 Å². The average molecular weight is 402 g/mol. The zero-order valence-corrected chi connectivity index (χ0v) is 15.1. The summed E-state index contributed by atoms with van der Waals surface area (Å²) in [6.45, 7) is 2.73. The summed E-state index contributed by atoms with van der Waals surface area (Å²) < 4.78 is 10.8. The van der Waals surface area contributed by atoms with Gasteiger partial charge in [0.1, 0.15) is 0 Å². The first-order valence-electron chi connectivity index (χ1n) is 6.87. The second kappa shape index (κ2) is 7.85. The molecule has 8 heteroatoms. The van der Waals surface area contributed by atoms with Crippen LogP contribution in [0.25, 0.3) is 6.08 Å². The van der Waals surface area contributed by atoms with Crippen LogP contribution in [0.1, 0.15) is 12.5 Å². The zero-order chi connectivity index (χ0) is 17.0. The third kappa shape index (κ3) is 4.07. The lowest BCUT2D eigenvalue weighted by Crippen LogP contribution is -2.31. The van der Waals surface area contributed by atoms with Crippen molar-refractivity contribution in [2.75, 3.05) is 26.9 Å². The molecule has 0 aromatic heterocycles. The number of phenols is 1. The van der Waals surface area contributed by atoms with Crippen LogP contribution < -0.4 is 4.74 Å². The molecular weight excluding hydrogens is 386 g/mol. The highest BCUT2D eigenvalue weighted by atomic mass is 79.9. The van der Waals surface area contributed by atoms with E-state index in [1.807, 2.05) is 6.92 Å². The van der Waals surface area contributed by atoms with Gasteiger partial charge in [0.15, 0.2) is 11.5 Å². The normalized spacial score (nSPS) is 16.5. The lowest BCUT2D eigenvalue weighted by Gasteiger charge is -2.11. The summed E-state index contributed by atoms with van der Waals surface area (Å²) in [6.07, 6.45) is 1.60. The first-order valence-corrected chi connectivity index (χ1v) is 8.48. The molecule has 0 atom stereocenters. The predicted molar refractivity (Wildman–Crippen MR) is 91.5 cm³/mol. The van der Waals surface area contributed by atoms with Crippen LogP contribution in [0.5, 0.6) is 11.5 Å². The van der Waals surface area contributed by atoms with Gasteiger partial charge in [0.05, 0.1) is 24.7 Å². The van der Waals surface area contributed by atoms with Gasteiger partial charge in [-0.05, 0) is 42.5 Å². The van der Waals surface area contributed by atoms with Crippen LogP contribution in [-0.2, 0) is 9.53 Å². The van der Waals surface area contributed by atoms with E-state index in [1.54, 1.807) is 12.1 Å². The number of ether oxygens (including phenoxy) is 2. The van der Waals surface area contributed by atoms with Crippen LogP contribution in [0.3, 0.4) is 0 Å². The van der Waals surface area contributed by atoms with E-state index in [1.165, 1.54) is 13.2 Å². The molecule has 1 aliphatic heterocycles. The fourth-order valence-electron chi connectivity index (χ4n) is 1.96. The van der Waals surface area contributed by atoms with Gasteiger partial charge in [-0.25, -0.2) is 0 Å². The summed E-state index contributed by atoms with van der Waals surface area (Å²) in [6, 6.07) is 3.11. The molecule has 1 N–H and O–H groups in total. The number of phenolic OH excluding ortho intramolecular Hbond substituents is 1. The lowest BCUT2D eigenvalue weighted by atomic mass is 10.2. The lowest BCUT2D eigenvalue weighted by molar-refractivity contribution is -0.123. The summed E-state index contributed by atoms with van der Waals surface area (Å²) in [5.41, 5.74) is 0.642. The number of methoxy groups -OCH3 is 1. The molecule has 1 aromatic carbocycles. The minimum Gasteiger partial charge on any atom is -0.504 e. The van der Waals surface area contributed by atoms with Gasteiger partial charge in [-0.15, -0.1) is 0 Å². The van der Waals surface area contributed by atoms with E-state index in [-0.39, 0.29) is 23.4 Å². The topological polar surface area (TPSA) is 76.1 Å². The molecule has 0 saturated carbocycles. The number of aromatic hydroxyl groups is 1. The fourth-order valence-corrected chi connectivity index (χ4v) is 3.26. The Labute approximate surface area is 146 Å². The third-order valence-electron chi connectivity index (χ3n) is 3.06. The Morgan fingerprint density at radius 3 is 2.78 bits per heavy atom. The molecular formula is C15H16BrNO5S. The SMILES string of the molecule is CCOc1cc(/C=C2/SC(=O)N(CCOC)C2=O)c(Br)cc1O. The first kappa shape index (κ1) is 17.8. The van der Waals surface area contributed by atoms with E-state index >= 15 is 0 Å². The van der Waals surface area contributed by atoms with E-state index in [0.717, 1.165) is 16.7 Å². The third-order valence-corrected chi connectivity index (χ3v) is 4.65. The Balaban J connectivity index is 2.30. The van der Waals surface area contributed by atoms with Crippen LogP contribution in [-0.4, -0.2) is 48.0 Å². The number of rotatable bonds is 6. The Morgan fingerprint density at radius 2 is 2.13 bits per heavy atom. The smallest absolute Gasteiger partial charge is 0.293 e. The Morgan fingerprint density at radius 1 is 1.39 bits per heavy atom. The van der Waals surface area contributed by atoms with Crippen molar-refractivity contribution in [1.82, 2.24) is 4.90 Å². The van der Waals surface area contributed by atoms with Gasteiger partial charge in [-0.3, -0.25) is 14.5 Å². The highest BCUT2D eigenvalue weighted by Gasteiger charge is 2.34. The maximum atomic E-state index is 12.3. The van der Waals surface area contributed by atoms with Gasteiger partial charge in [0.2, 0.25) is 0 Å². The second-order valence-electron chi connectivity index (χ2n) is 4.60. The van der Waals surface area contributed by atoms with Crippen LogP contribution >= 0.6 is 27.7 Å². The van der Waals surface area contributed by atoms with Gasteiger partial charge in [0.25, 0.3) is 11.1 Å². The molecule has 2 rings (SSSR count). The van der Waals surface area contributed by atoms with E-state index in [9.17, 15) is 14.7 Å². The number of hydrogen-bond acceptors (Lipinski definition) is 6. The van der Waals surface area contributed by atoms with E-state index in [4.69, 9.17) is 9.47 Å². The van der Waals surface area contributed by atoms with Crippen LogP contribution in [0.15, 0.2) is 21.5 Å². The van der Waals surface area contributed by atoms with E-state index in [0.29, 0.717) is 33.9 Å². The standard InChI is InChI=1S/C15H16BrNO5S/c1-3-22-12-6-9(10(16)8-11(12)18)7-13-14(19)17(4-5-21-2)15(20)23-13/h6-8,18H,3-5H2,1-2H3/b13-7+. The van der Waals surface area contributed by atoms with Crippen molar-refractivity contribution in [2.24, 2.45) is 0 Å². The molecule has 2 amide bonds. The molecule has 6 nitrogen and oxygen atoms in total. The quantitative estimate of drug-likeness (QED) is 0.737. The molecule has 1 heterocycles. The largest absolute Gasteiger partial charge is 0.504 e. The Kier molecular flexibility index (Phi) is 6.09. The molecule has 0 unspecified atom stereocenters. The van der Waals surface area contributed by atoms with Crippen LogP contribution in [0.2, 0.25) is 0 Å². The molecule has 0 radical (unpaired) electrons. The summed E-state index contributed by atoms with van der Waals surface area (Å²) in [5, 5.41) is 9.50. The molecule has 0 bridgehead atoms. The number of amides is 2. The predicted octanol–water partition coefficient (Wildman–Crippen LogP) is 3.24. The van der Waals surface area contributed by atoms with E-state index < -0.39 is 0 Å². The van der Waals surface area contributed by atoms with Crippen molar-refractivity contribution >= 4 is 44.9 Å². The van der Waals surface area contributed by atoms with Crippen molar-refractivity contribution in [2.45, 2.75) is 6.92 Å². The second-order valence-corrected chi connectivity index (χ2v) is 6.45. The summed E-state index contributed by atoms with van der Waals surface area (Å²) in [5.74, 6) is -0.0281. The molecule has 1 fully saturated rings. The molecule has 1 aromatic rings. The summed E-state index contributed by atoms with van der Waals surface area (Å²) in [7, 11) is 1.51. The number of imide groups is 1. The Hall–Kier alpha value is -1.51. The average Bonchev–Trinajstić information content (AvgIpc) is 2.76. The maximum absolute atomic E-state index is 12.3. The van der Waals surface area contributed by atoms with Crippen molar-refractivity contribution in [3.8, 4) is 11.5 Å². The molecule has 0 aliphatic carbocycles. The number of benzene rings is 1. The highest BCUT2D eigenvalue weighted by Crippen LogP contribution is 2.37. The zero-order valence-electron chi connectivity index (χ0n) is 12.7. The van der Waals surface area contributed by atoms with Gasteiger partial charge < -0.3 is 14.6 Å². The first-order chi connectivity index (χ1) is 11.0. The highest BCUT2D eigenvalue weighted by molar-refractivity contribution is 9.10. The number of carbonyl (C=O) groups excluding carboxylic acids is 2. The molecule has 1 saturated heterocycles. The minimum atomic E-state index is -0.352. The molecule has 23 heavy (non-hydrogen) atoms. The van der Waals surface area contributed by atoms with Gasteiger partial charge >= 0.3 is 0 Å². The minimum absolute atomic E-state index is 0.00377. The molecule has 1 aliphatic rings. The molecule has 124 valence electrons. The summed E-state index contributed by atoms with van der Waals surface area (Å²) in [4.78, 5) is 25.6. The van der Waals surface area contributed by atoms with Crippen LogP contribution in [0, 0.1) is 0 Å². The van der Waals surface area contributed by atoms with Crippen molar-refractivity contribution in [3.63, 3.8) is 0 Å². The van der Waals surface area contributed by atoms with Crippen molar-refractivity contribution in [3.05, 3.63) is 27.1 Å². The number of carbonyl (C=O) groups is 2. The van der Waals surface area contributed by atoms with Gasteiger partial charge in [0, 0.05) is 11.6 Å². The molecule has 0 spiro atoms. The number of nitrogens with zero attached hydrogens (tertiary/aromatic N) is 1. The Bertz CT molecular complexity index is 662. The van der Waals surface area contributed by atoms with Crippen molar-refractivity contribution < 1.29 is 24.2 Å².